The van der Waals surface area contributed by atoms with E-state index in [4.69, 9.17) is 16.7 Å². The van der Waals surface area contributed by atoms with Crippen molar-refractivity contribution in [1.82, 2.24) is 4.90 Å². The van der Waals surface area contributed by atoms with Crippen molar-refractivity contribution in [3.8, 4) is 0 Å². The minimum Gasteiger partial charge on any atom is -0.396 e. The average molecular weight is 435 g/mol. The number of carbonyl (C=O) groups is 1. The number of hydrogen-bond acceptors (Lipinski definition) is 5. The molecule has 0 bridgehead atoms. The van der Waals surface area contributed by atoms with Crippen molar-refractivity contribution in [3.05, 3.63) is 51.9 Å². The molecule has 0 amide bonds. The van der Waals surface area contributed by atoms with Crippen molar-refractivity contribution < 1.29 is 9.90 Å². The molecule has 1 aliphatic rings. The summed E-state index contributed by atoms with van der Waals surface area (Å²) in [6.45, 7) is 2.02. The molecule has 2 aromatic rings. The van der Waals surface area contributed by atoms with Crippen LogP contribution >= 0.6 is 22.9 Å². The second-order valence-electron chi connectivity index (χ2n) is 8.12. The largest absolute Gasteiger partial charge is 0.396 e. The molecular formula is C23H31ClN2O2S. The maximum atomic E-state index is 11.9. The van der Waals surface area contributed by atoms with E-state index in [1.54, 1.807) is 11.3 Å². The quantitative estimate of drug-likeness (QED) is 0.575. The molecule has 4 nitrogen and oxygen atoms in total. The Hall–Kier alpha value is -1.40. The maximum Gasteiger partial charge on any atom is 0.125 e. The van der Waals surface area contributed by atoms with E-state index in [9.17, 15) is 4.79 Å². The topological polar surface area (TPSA) is 43.8 Å². The second kappa shape index (κ2) is 10.6. The summed E-state index contributed by atoms with van der Waals surface area (Å²) < 4.78 is 0.783. The predicted molar refractivity (Wildman–Crippen MR) is 122 cm³/mol. The number of halogens is 1. The molecule has 0 aliphatic heterocycles. The second-order valence-corrected chi connectivity index (χ2v) is 9.82. The lowest BCUT2D eigenvalue weighted by Crippen LogP contribution is -2.42. The first kappa shape index (κ1) is 22.3. The number of aliphatic hydroxyl groups excluding tert-OH is 1. The van der Waals surface area contributed by atoms with Crippen LogP contribution in [0.15, 0.2) is 36.4 Å². The van der Waals surface area contributed by atoms with E-state index in [-0.39, 0.29) is 18.6 Å². The maximum absolute atomic E-state index is 11.9. The van der Waals surface area contributed by atoms with E-state index < -0.39 is 0 Å². The summed E-state index contributed by atoms with van der Waals surface area (Å²) in [7, 11) is 4.16. The van der Waals surface area contributed by atoms with Crippen molar-refractivity contribution in [3.63, 3.8) is 0 Å². The Morgan fingerprint density at radius 3 is 2.55 bits per heavy atom. The van der Waals surface area contributed by atoms with Gasteiger partial charge in [0.05, 0.1) is 9.34 Å². The van der Waals surface area contributed by atoms with Crippen LogP contribution < -0.4 is 4.90 Å². The zero-order valence-electron chi connectivity index (χ0n) is 17.3. The van der Waals surface area contributed by atoms with Crippen LogP contribution in [0.3, 0.4) is 0 Å². The van der Waals surface area contributed by atoms with E-state index in [2.05, 4.69) is 48.2 Å². The number of nitrogens with zero attached hydrogens (tertiary/aromatic N) is 2. The van der Waals surface area contributed by atoms with Gasteiger partial charge in [0, 0.05) is 38.7 Å². The monoisotopic (exact) mass is 434 g/mol. The SMILES string of the molecule is CN(CCCO)Cc1ccc(C2CC[C@@H](N(C)c3ccc(Cl)s3)[C@H](C=O)C2)cc1. The Morgan fingerprint density at radius 1 is 1.17 bits per heavy atom. The van der Waals surface area contributed by atoms with Crippen LogP contribution in [-0.2, 0) is 11.3 Å². The van der Waals surface area contributed by atoms with E-state index >= 15 is 0 Å². The van der Waals surface area contributed by atoms with Crippen molar-refractivity contribution in [2.75, 3.05) is 32.1 Å². The van der Waals surface area contributed by atoms with Gasteiger partial charge in [0.1, 0.15) is 6.29 Å². The molecule has 3 rings (SSSR count). The van der Waals surface area contributed by atoms with Gasteiger partial charge in [-0.2, -0.15) is 0 Å². The Bertz CT molecular complexity index is 779. The predicted octanol–water partition coefficient (Wildman–Crippen LogP) is 4.80. The molecule has 1 aliphatic carbocycles. The van der Waals surface area contributed by atoms with Crippen molar-refractivity contribution >= 4 is 34.2 Å². The van der Waals surface area contributed by atoms with Gasteiger partial charge in [-0.05, 0) is 61.9 Å². The summed E-state index contributed by atoms with van der Waals surface area (Å²) in [4.78, 5) is 16.3. The fraction of sp³-hybridized carbons (Fsp3) is 0.522. The standard InChI is InChI=1S/C23H31ClN2O2S/c1-25(12-3-13-27)15-17-4-6-18(7-5-17)19-8-9-21(20(14-19)16-28)26(2)23-11-10-22(24)29-23/h4-7,10-11,16,19-21,27H,3,8-9,12-15H2,1-2H3/t19?,20-,21+/m0/s1. The lowest BCUT2D eigenvalue weighted by atomic mass is 9.75. The first-order valence-corrected chi connectivity index (χ1v) is 11.5. The normalized spacial score (nSPS) is 22.0. The molecule has 1 aromatic heterocycles. The molecule has 0 saturated heterocycles. The van der Waals surface area contributed by atoms with E-state index in [1.165, 1.54) is 11.1 Å². The molecule has 6 heteroatoms. The molecule has 0 spiro atoms. The molecule has 1 unspecified atom stereocenters. The first-order valence-electron chi connectivity index (χ1n) is 10.3. The van der Waals surface area contributed by atoms with Crippen molar-refractivity contribution in [1.29, 1.82) is 0 Å². The fourth-order valence-corrected chi connectivity index (χ4v) is 5.46. The molecule has 0 radical (unpaired) electrons. The Morgan fingerprint density at radius 2 is 1.93 bits per heavy atom. The number of thiophene rings is 1. The third kappa shape index (κ3) is 5.82. The van der Waals surface area contributed by atoms with Crippen LogP contribution in [0.5, 0.6) is 0 Å². The third-order valence-electron chi connectivity index (χ3n) is 6.04. The van der Waals surface area contributed by atoms with Gasteiger partial charge in [-0.15, -0.1) is 11.3 Å². The number of hydrogen-bond donors (Lipinski definition) is 1. The molecule has 1 heterocycles. The van der Waals surface area contributed by atoms with E-state index in [1.807, 2.05) is 12.1 Å². The zero-order chi connectivity index (χ0) is 20.8. The molecule has 1 fully saturated rings. The van der Waals surface area contributed by atoms with Gasteiger partial charge >= 0.3 is 0 Å². The molecule has 158 valence electrons. The lowest BCUT2D eigenvalue weighted by molar-refractivity contribution is -0.112. The summed E-state index contributed by atoms with van der Waals surface area (Å²) in [5.74, 6) is 0.465. The van der Waals surface area contributed by atoms with Crippen LogP contribution in [0.2, 0.25) is 4.34 Å². The van der Waals surface area contributed by atoms with Gasteiger partial charge < -0.3 is 19.7 Å². The smallest absolute Gasteiger partial charge is 0.125 e. The van der Waals surface area contributed by atoms with Gasteiger partial charge in [-0.1, -0.05) is 35.9 Å². The number of anilines is 1. The average Bonchev–Trinajstić information content (AvgIpc) is 3.18. The van der Waals surface area contributed by atoms with Crippen LogP contribution in [0.1, 0.15) is 42.7 Å². The molecule has 29 heavy (non-hydrogen) atoms. The molecule has 3 atom stereocenters. The van der Waals surface area contributed by atoms with Crippen LogP contribution in [-0.4, -0.2) is 49.6 Å². The lowest BCUT2D eigenvalue weighted by Gasteiger charge is -2.39. The summed E-state index contributed by atoms with van der Waals surface area (Å²) in [5.41, 5.74) is 2.61. The molecule has 1 aromatic carbocycles. The number of benzene rings is 1. The first-order chi connectivity index (χ1) is 14.0. The summed E-state index contributed by atoms with van der Waals surface area (Å²) >= 11 is 7.66. The van der Waals surface area contributed by atoms with Crippen LogP contribution in [0, 0.1) is 5.92 Å². The highest BCUT2D eigenvalue weighted by Crippen LogP contribution is 2.40. The van der Waals surface area contributed by atoms with Gasteiger partial charge in [0.2, 0.25) is 0 Å². The minimum absolute atomic E-state index is 0.0314. The van der Waals surface area contributed by atoms with Crippen LogP contribution in [0.25, 0.3) is 0 Å². The number of rotatable bonds is 9. The minimum atomic E-state index is 0.0314. The summed E-state index contributed by atoms with van der Waals surface area (Å²) in [5, 5.41) is 10.1. The van der Waals surface area contributed by atoms with Crippen molar-refractivity contribution in [2.24, 2.45) is 5.92 Å². The van der Waals surface area contributed by atoms with Gasteiger partial charge in [-0.25, -0.2) is 0 Å². The Kier molecular flexibility index (Phi) is 8.13. The molecule has 1 N–H and O–H groups in total. The highest BCUT2D eigenvalue weighted by atomic mass is 35.5. The van der Waals surface area contributed by atoms with Crippen molar-refractivity contribution in [2.45, 2.75) is 44.2 Å². The zero-order valence-corrected chi connectivity index (χ0v) is 18.8. The van der Waals surface area contributed by atoms with E-state index in [0.717, 1.165) is 54.4 Å². The highest BCUT2D eigenvalue weighted by molar-refractivity contribution is 7.19. The van der Waals surface area contributed by atoms with Gasteiger partial charge in [0.25, 0.3) is 0 Å². The summed E-state index contributed by atoms with van der Waals surface area (Å²) in [6, 6.07) is 13.0. The Balaban J connectivity index is 1.61. The Labute approximate surface area is 183 Å². The van der Waals surface area contributed by atoms with E-state index in [0.29, 0.717) is 5.92 Å². The molecular weight excluding hydrogens is 404 g/mol. The number of aldehydes is 1. The summed E-state index contributed by atoms with van der Waals surface area (Å²) in [6.07, 6.45) is 4.94. The number of aliphatic hydroxyl groups is 1. The highest BCUT2D eigenvalue weighted by Gasteiger charge is 2.34. The number of carbonyl (C=O) groups excluding carboxylic acids is 1. The fourth-order valence-electron chi connectivity index (χ4n) is 4.40. The third-order valence-corrected chi connectivity index (χ3v) is 7.36. The van der Waals surface area contributed by atoms with Gasteiger partial charge in [-0.3, -0.25) is 0 Å². The van der Waals surface area contributed by atoms with Crippen LogP contribution in [0.4, 0.5) is 5.00 Å². The molecule has 1 saturated carbocycles. The van der Waals surface area contributed by atoms with Gasteiger partial charge in [0.15, 0.2) is 0 Å².